The standard InChI is InChI=1S/C16H11F3N6/c17-16(18,19)15-7-14(10-1-2-10)25(24-15)13-5-3-11(4-6-13)22-23-12(8-20)9-21/h3-7,10,22H,1-2H2. The third-order valence-corrected chi connectivity index (χ3v) is 3.64. The van der Waals surface area contributed by atoms with Crippen LogP contribution in [0.25, 0.3) is 5.69 Å². The minimum absolute atomic E-state index is 0.0971. The molecule has 6 nitrogen and oxygen atoms in total. The molecule has 0 unspecified atom stereocenters. The first-order chi connectivity index (χ1) is 11.9. The van der Waals surface area contributed by atoms with E-state index in [-0.39, 0.29) is 11.6 Å². The van der Waals surface area contributed by atoms with Crippen LogP contribution < -0.4 is 5.43 Å². The van der Waals surface area contributed by atoms with Crippen LogP contribution in [0.15, 0.2) is 35.4 Å². The maximum absolute atomic E-state index is 12.9. The lowest BCUT2D eigenvalue weighted by molar-refractivity contribution is -0.141. The average molecular weight is 344 g/mol. The molecule has 1 aliphatic carbocycles. The van der Waals surface area contributed by atoms with E-state index in [2.05, 4.69) is 15.6 Å². The van der Waals surface area contributed by atoms with Gasteiger partial charge in [0.25, 0.3) is 0 Å². The summed E-state index contributed by atoms with van der Waals surface area (Å²) in [7, 11) is 0. The van der Waals surface area contributed by atoms with Gasteiger partial charge >= 0.3 is 6.18 Å². The summed E-state index contributed by atoms with van der Waals surface area (Å²) in [5.41, 5.74) is 2.82. The van der Waals surface area contributed by atoms with Crippen LogP contribution >= 0.6 is 0 Å². The third-order valence-electron chi connectivity index (χ3n) is 3.64. The smallest absolute Gasteiger partial charge is 0.277 e. The van der Waals surface area contributed by atoms with E-state index in [1.807, 2.05) is 0 Å². The SMILES string of the molecule is N#CC(C#N)=NNc1ccc(-n2nc(C(F)(F)F)cc2C2CC2)cc1. The summed E-state index contributed by atoms with van der Waals surface area (Å²) in [6, 6.07) is 10.7. The molecule has 0 saturated heterocycles. The van der Waals surface area contributed by atoms with Gasteiger partial charge in [-0.1, -0.05) is 0 Å². The van der Waals surface area contributed by atoms with Crippen molar-refractivity contribution in [2.75, 3.05) is 5.43 Å². The van der Waals surface area contributed by atoms with E-state index in [4.69, 9.17) is 10.5 Å². The van der Waals surface area contributed by atoms with Gasteiger partial charge in [0.05, 0.1) is 11.4 Å². The Morgan fingerprint density at radius 2 is 1.84 bits per heavy atom. The van der Waals surface area contributed by atoms with Gasteiger partial charge in [-0.3, -0.25) is 5.43 Å². The Bertz CT molecular complexity index is 876. The predicted octanol–water partition coefficient (Wildman–Crippen LogP) is 3.58. The van der Waals surface area contributed by atoms with Gasteiger partial charge in [0.2, 0.25) is 5.71 Å². The lowest BCUT2D eigenvalue weighted by Gasteiger charge is -2.08. The molecular weight excluding hydrogens is 333 g/mol. The molecule has 0 bridgehead atoms. The van der Waals surface area contributed by atoms with E-state index in [0.29, 0.717) is 17.1 Å². The molecule has 1 heterocycles. The van der Waals surface area contributed by atoms with Crippen LogP contribution in [-0.2, 0) is 6.18 Å². The summed E-state index contributed by atoms with van der Waals surface area (Å²) in [6.07, 6.45) is -2.79. The highest BCUT2D eigenvalue weighted by Crippen LogP contribution is 2.42. The molecule has 25 heavy (non-hydrogen) atoms. The van der Waals surface area contributed by atoms with Gasteiger partial charge in [0, 0.05) is 11.6 Å². The molecule has 1 saturated carbocycles. The highest BCUT2D eigenvalue weighted by atomic mass is 19.4. The lowest BCUT2D eigenvalue weighted by atomic mass is 10.2. The van der Waals surface area contributed by atoms with Gasteiger partial charge in [-0.05, 0) is 43.2 Å². The van der Waals surface area contributed by atoms with Crippen LogP contribution in [0, 0.1) is 22.7 Å². The number of aromatic nitrogens is 2. The monoisotopic (exact) mass is 344 g/mol. The lowest BCUT2D eigenvalue weighted by Crippen LogP contribution is -2.07. The molecule has 1 N–H and O–H groups in total. The number of hydrogen-bond acceptors (Lipinski definition) is 5. The third kappa shape index (κ3) is 3.61. The van der Waals surface area contributed by atoms with Crippen molar-refractivity contribution < 1.29 is 13.2 Å². The number of nitrogens with zero attached hydrogens (tertiary/aromatic N) is 5. The molecule has 0 spiro atoms. The number of anilines is 1. The van der Waals surface area contributed by atoms with Gasteiger partial charge in [0.1, 0.15) is 12.1 Å². The Hall–Kier alpha value is -3.33. The topological polar surface area (TPSA) is 89.8 Å². The molecule has 2 aromatic rings. The summed E-state index contributed by atoms with van der Waals surface area (Å²) in [5, 5.41) is 24.5. The van der Waals surface area contributed by atoms with Crippen molar-refractivity contribution in [1.29, 1.82) is 10.5 Å². The van der Waals surface area contributed by atoms with Crippen LogP contribution in [-0.4, -0.2) is 15.5 Å². The largest absolute Gasteiger partial charge is 0.435 e. The molecule has 1 aliphatic rings. The highest BCUT2D eigenvalue weighted by Gasteiger charge is 2.38. The molecule has 1 aromatic carbocycles. The molecule has 0 radical (unpaired) electrons. The first-order valence-electron chi connectivity index (χ1n) is 7.34. The summed E-state index contributed by atoms with van der Waals surface area (Å²) in [6.45, 7) is 0. The maximum atomic E-state index is 12.9. The quantitative estimate of drug-likeness (QED) is 0.678. The number of benzene rings is 1. The first kappa shape index (κ1) is 16.5. The predicted molar refractivity (Wildman–Crippen MR) is 82.8 cm³/mol. The number of halogens is 3. The second kappa shape index (κ2) is 6.29. The summed E-state index contributed by atoms with van der Waals surface area (Å²) in [4.78, 5) is 0. The fourth-order valence-electron chi connectivity index (χ4n) is 2.28. The summed E-state index contributed by atoms with van der Waals surface area (Å²) >= 11 is 0. The van der Waals surface area contributed by atoms with Gasteiger partial charge in [-0.2, -0.15) is 33.9 Å². The first-order valence-corrected chi connectivity index (χ1v) is 7.34. The number of nitriles is 2. The van der Waals surface area contributed by atoms with Crippen molar-refractivity contribution in [2.24, 2.45) is 5.10 Å². The molecule has 9 heteroatoms. The Morgan fingerprint density at radius 1 is 1.20 bits per heavy atom. The van der Waals surface area contributed by atoms with Crippen molar-refractivity contribution in [3.8, 4) is 17.8 Å². The number of hydrazone groups is 1. The average Bonchev–Trinajstić information content (AvgIpc) is 3.33. The van der Waals surface area contributed by atoms with Gasteiger partial charge in [-0.15, -0.1) is 0 Å². The van der Waals surface area contributed by atoms with Gasteiger partial charge in [0.15, 0.2) is 5.69 Å². The Labute approximate surface area is 140 Å². The Morgan fingerprint density at radius 3 is 2.36 bits per heavy atom. The van der Waals surface area contributed by atoms with Crippen LogP contribution in [0.2, 0.25) is 0 Å². The molecule has 126 valence electrons. The van der Waals surface area contributed by atoms with Crippen LogP contribution in [0.1, 0.15) is 30.1 Å². The van der Waals surface area contributed by atoms with E-state index in [1.54, 1.807) is 36.4 Å². The fourth-order valence-corrected chi connectivity index (χ4v) is 2.28. The van der Waals surface area contributed by atoms with Crippen LogP contribution in [0.3, 0.4) is 0 Å². The zero-order chi connectivity index (χ0) is 18.0. The highest BCUT2D eigenvalue weighted by molar-refractivity contribution is 6.10. The molecular formula is C16H11F3N6. The molecule has 3 rings (SSSR count). The van der Waals surface area contributed by atoms with Gasteiger partial charge in [-0.25, -0.2) is 4.68 Å². The van der Waals surface area contributed by atoms with Crippen LogP contribution in [0.4, 0.5) is 18.9 Å². The van der Waals surface area contributed by atoms with Crippen LogP contribution in [0.5, 0.6) is 0 Å². The minimum Gasteiger partial charge on any atom is -0.277 e. The number of alkyl halides is 3. The van der Waals surface area contributed by atoms with E-state index in [9.17, 15) is 13.2 Å². The molecule has 1 aromatic heterocycles. The normalized spacial score (nSPS) is 13.6. The summed E-state index contributed by atoms with van der Waals surface area (Å²) < 4.78 is 40.1. The molecule has 0 atom stereocenters. The Balaban J connectivity index is 1.88. The minimum atomic E-state index is -4.49. The zero-order valence-electron chi connectivity index (χ0n) is 12.7. The van der Waals surface area contributed by atoms with E-state index in [1.165, 1.54) is 4.68 Å². The van der Waals surface area contributed by atoms with Crippen molar-refractivity contribution in [1.82, 2.24) is 9.78 Å². The Kier molecular flexibility index (Phi) is 4.15. The van der Waals surface area contributed by atoms with Crippen molar-refractivity contribution in [3.05, 3.63) is 41.7 Å². The van der Waals surface area contributed by atoms with E-state index >= 15 is 0 Å². The number of rotatable bonds is 4. The molecule has 0 amide bonds. The summed E-state index contributed by atoms with van der Waals surface area (Å²) in [5.74, 6) is 0.0971. The van der Waals surface area contributed by atoms with E-state index < -0.39 is 11.9 Å². The fraction of sp³-hybridized carbons (Fsp3) is 0.250. The number of nitrogens with one attached hydrogen (secondary N) is 1. The second-order valence-corrected chi connectivity index (χ2v) is 5.48. The maximum Gasteiger partial charge on any atom is 0.435 e. The zero-order valence-corrected chi connectivity index (χ0v) is 12.7. The van der Waals surface area contributed by atoms with Crippen molar-refractivity contribution >= 4 is 11.4 Å². The number of hydrogen-bond donors (Lipinski definition) is 1. The molecule has 0 aliphatic heterocycles. The van der Waals surface area contributed by atoms with Crippen molar-refractivity contribution in [3.63, 3.8) is 0 Å². The van der Waals surface area contributed by atoms with Gasteiger partial charge < -0.3 is 0 Å². The molecule has 1 fully saturated rings. The van der Waals surface area contributed by atoms with Crippen molar-refractivity contribution in [2.45, 2.75) is 24.9 Å². The second-order valence-electron chi connectivity index (χ2n) is 5.48. The van der Waals surface area contributed by atoms with E-state index in [0.717, 1.165) is 18.9 Å².